The fourth-order valence-electron chi connectivity index (χ4n) is 13.4. The van der Waals surface area contributed by atoms with Gasteiger partial charge in [-0.2, -0.15) is 26.3 Å². The van der Waals surface area contributed by atoms with Crippen LogP contribution in [-0.4, -0.2) is 112 Å². The van der Waals surface area contributed by atoms with Crippen LogP contribution < -0.4 is 44.7 Å². The number of benzene rings is 10. The van der Waals surface area contributed by atoms with Gasteiger partial charge in [-0.05, 0) is 280 Å². The normalized spacial score (nSPS) is 12.1. The average molecular weight is 1740 g/mol. The Balaban J connectivity index is 0.000000190. The van der Waals surface area contributed by atoms with Gasteiger partial charge in [0.25, 0.3) is 35.4 Å². The van der Waals surface area contributed by atoms with Crippen molar-refractivity contribution in [3.8, 4) is 23.0 Å². The average Bonchev–Trinajstić information content (AvgIpc) is 1.60. The topological polar surface area (TPSA) is 188 Å². The summed E-state index contributed by atoms with van der Waals surface area (Å²) < 4.78 is 101. The third-order valence-electron chi connectivity index (χ3n) is 20.2. The molecule has 122 heavy (non-hydrogen) atoms. The first-order valence-electron chi connectivity index (χ1n) is 39.9. The molecule has 0 fully saturated rings. The first-order valence-corrected chi connectivity index (χ1v) is 41.0. The Kier molecular flexibility index (Phi) is 34.7. The van der Waals surface area contributed by atoms with Crippen molar-refractivity contribution in [2.24, 2.45) is 5.92 Å². The van der Waals surface area contributed by atoms with Crippen LogP contribution in [-0.2, 0) is 18.9 Å². The smallest absolute Gasteiger partial charge is 0.416 e. The molecule has 10 aromatic rings. The summed E-state index contributed by atoms with van der Waals surface area (Å²) in [7, 11) is 5.51. The summed E-state index contributed by atoms with van der Waals surface area (Å²) in [4.78, 5) is 82.5. The maximum absolute atomic E-state index is 13.1. The van der Waals surface area contributed by atoms with Gasteiger partial charge < -0.3 is 49.6 Å². The highest BCUT2D eigenvalue weighted by atomic mass is 35.5. The van der Waals surface area contributed by atoms with Gasteiger partial charge in [0, 0.05) is 50.9 Å². The first-order chi connectivity index (χ1) is 57.8. The predicted octanol–water partition coefficient (Wildman–Crippen LogP) is 23.8. The number of ether oxygens (including phenoxy) is 4. The number of hydrogen-bond acceptors (Lipinski definition) is 12. The maximum Gasteiger partial charge on any atom is 0.416 e. The quantitative estimate of drug-likeness (QED) is 0.0279. The van der Waals surface area contributed by atoms with Crippen LogP contribution in [0, 0.1) is 68.2 Å². The molecule has 10 aromatic carbocycles. The number of hydrogen-bond donors (Lipinski definition) is 3. The summed E-state index contributed by atoms with van der Waals surface area (Å²) in [5.41, 5.74) is 10.3. The van der Waals surface area contributed by atoms with Gasteiger partial charge >= 0.3 is 12.4 Å². The van der Waals surface area contributed by atoms with E-state index in [-0.39, 0.29) is 63.8 Å². The van der Waals surface area contributed by atoms with E-state index >= 15 is 0 Å². The number of fused-ring (bicyclic) bond motifs is 2. The van der Waals surface area contributed by atoms with Crippen molar-refractivity contribution in [1.82, 2.24) is 9.80 Å². The molecule has 2 aliphatic rings. The Labute approximate surface area is 725 Å². The molecule has 17 nitrogen and oxygen atoms in total. The third kappa shape index (κ3) is 25.7. The van der Waals surface area contributed by atoms with E-state index < -0.39 is 35.3 Å². The van der Waals surface area contributed by atoms with Gasteiger partial charge in [-0.3, -0.25) is 28.8 Å². The Morgan fingerprint density at radius 2 is 0.836 bits per heavy atom. The molecule has 2 heterocycles. The molecule has 2 aliphatic heterocycles. The predicted molar refractivity (Wildman–Crippen MR) is 476 cm³/mol. The van der Waals surface area contributed by atoms with Crippen molar-refractivity contribution in [2.45, 2.75) is 128 Å². The summed E-state index contributed by atoms with van der Waals surface area (Å²) in [6.45, 7) is 30.5. The molecule has 0 unspecified atom stereocenters. The van der Waals surface area contributed by atoms with Crippen molar-refractivity contribution >= 4 is 98.7 Å². The fraction of sp³-hybridized carbons (Fsp3) is 0.312. The summed E-state index contributed by atoms with van der Waals surface area (Å²) in [6.07, 6.45) is -6.22. The Morgan fingerprint density at radius 3 is 1.24 bits per heavy atom. The van der Waals surface area contributed by atoms with Crippen LogP contribution in [0.15, 0.2) is 182 Å². The molecule has 0 aliphatic carbocycles. The Bertz CT molecular complexity index is 5400. The van der Waals surface area contributed by atoms with Crippen LogP contribution in [0.25, 0.3) is 0 Å². The van der Waals surface area contributed by atoms with Crippen LogP contribution in [0.5, 0.6) is 23.0 Å². The number of carbonyl (C=O) groups is 6. The molecule has 646 valence electrons. The number of nitrogens with zero attached hydrogens (tertiary/aromatic N) is 4. The van der Waals surface area contributed by atoms with Gasteiger partial charge in [0.2, 0.25) is 0 Å². The van der Waals surface area contributed by atoms with E-state index in [9.17, 15) is 55.1 Å². The van der Waals surface area contributed by atoms with E-state index in [2.05, 4.69) is 53.4 Å². The van der Waals surface area contributed by atoms with Gasteiger partial charge in [-0.25, -0.2) is 4.90 Å². The van der Waals surface area contributed by atoms with Crippen molar-refractivity contribution in [3.63, 3.8) is 0 Å². The SMILES string of the molecule is CCN(CC)CCCOc1cccc(C)c1C(=O)Nc1ccc(Cl)c(C)c1.COc1cccc2c1C(=O)N(c1ccc(C)c(C(F)(F)F)c1)C2.Cc1cc(NC(=O)c2c(C)cccc2OCCC(C)C)ccc1Cl.Cc1cc(NC(=O)c2c(C)cccc2OCCCN(C)C)ccc1Cl.Cc1ccc(N2C(=O)c3cccc(C)c3C2=O)cc1C(F)(F)F. The number of amides is 6. The van der Waals surface area contributed by atoms with Crippen LogP contribution >= 0.6 is 34.8 Å². The van der Waals surface area contributed by atoms with Gasteiger partial charge in [-0.1, -0.05) is 135 Å². The second-order valence-corrected chi connectivity index (χ2v) is 31.4. The maximum atomic E-state index is 13.1. The molecule has 0 atom stereocenters. The van der Waals surface area contributed by atoms with Crippen LogP contribution in [0.3, 0.4) is 0 Å². The molecule has 0 radical (unpaired) electrons. The summed E-state index contributed by atoms with van der Waals surface area (Å²) in [5, 5.41) is 10.9. The zero-order valence-electron chi connectivity index (χ0n) is 71.4. The van der Waals surface area contributed by atoms with E-state index in [0.717, 1.165) is 113 Å². The largest absolute Gasteiger partial charge is 0.496 e. The number of aryl methyl sites for hydroxylation is 9. The second-order valence-electron chi connectivity index (χ2n) is 30.2. The summed E-state index contributed by atoms with van der Waals surface area (Å²) >= 11 is 18.1. The van der Waals surface area contributed by atoms with Gasteiger partial charge in [0.15, 0.2) is 0 Å². The lowest BCUT2D eigenvalue weighted by atomic mass is 10.0. The number of anilines is 5. The standard InChI is InChI=1S/C22H29ClN2O2.C20H25ClN2O2.C20H24ClNO2.C17H14F3NO2.C17H12F3NO2/c1-5-25(6-2)13-8-14-27-20-10-7-9-16(3)21(20)22(26)24-18-11-12-19(23)17(4)15-18;1-14-7-5-8-18(25-12-6-11-23(3)4)19(14)20(24)22-16-9-10-17(21)15(2)13-16;1-13(2)10-11-24-18-7-5-6-14(3)19(18)20(23)22-16-8-9-17(21)15(4)12-16;1-10-6-7-12(8-13(10)17(18,19)20)21-9-11-4-3-5-14(23-2)15(11)16(21)22;1-9-6-7-11(8-13(9)17(18,19)20)21-15(22)12-5-3-4-10(2)14(12)16(21)23/h7,9-12,15H,5-6,8,13-14H2,1-4H3,(H,24,26);5,7-10,13H,6,11-12H2,1-4H3,(H,22,24);5-9,12-13H,10-11H2,1-4H3,(H,22,23);3-8H,9H2,1-2H3;3-8H,1-2H3. The van der Waals surface area contributed by atoms with E-state index in [1.54, 1.807) is 73.7 Å². The van der Waals surface area contributed by atoms with E-state index in [4.69, 9.17) is 53.8 Å². The lowest BCUT2D eigenvalue weighted by molar-refractivity contribution is -0.138. The zero-order valence-corrected chi connectivity index (χ0v) is 73.7. The number of imide groups is 1. The molecular formula is C96H104Cl3F6N7O10. The zero-order chi connectivity index (χ0) is 89.6. The summed E-state index contributed by atoms with van der Waals surface area (Å²) in [6, 6.07) is 50.7. The van der Waals surface area contributed by atoms with Gasteiger partial charge in [-0.15, -0.1) is 0 Å². The minimum atomic E-state index is -4.55. The second kappa shape index (κ2) is 44.0. The van der Waals surface area contributed by atoms with Crippen molar-refractivity contribution in [3.05, 3.63) is 297 Å². The molecule has 0 aromatic heterocycles. The molecule has 3 N–H and O–H groups in total. The Morgan fingerprint density at radius 1 is 0.443 bits per heavy atom. The molecular weight excluding hydrogens is 1630 g/mol. The third-order valence-corrected chi connectivity index (χ3v) is 21.5. The number of alkyl halides is 6. The Hall–Kier alpha value is -11.2. The molecule has 6 amide bonds. The van der Waals surface area contributed by atoms with Crippen molar-refractivity contribution in [1.29, 1.82) is 0 Å². The lowest BCUT2D eigenvalue weighted by Crippen LogP contribution is -2.29. The van der Waals surface area contributed by atoms with Gasteiger partial charge in [0.05, 0.1) is 83.7 Å². The van der Waals surface area contributed by atoms with Crippen LogP contribution in [0.2, 0.25) is 15.1 Å². The molecule has 0 spiro atoms. The highest BCUT2D eigenvalue weighted by Crippen LogP contribution is 2.41. The highest BCUT2D eigenvalue weighted by Gasteiger charge is 2.41. The molecule has 0 bridgehead atoms. The summed E-state index contributed by atoms with van der Waals surface area (Å²) in [5.74, 6) is 0.770. The number of nitrogens with one attached hydrogen (secondary N) is 3. The number of halogens is 9. The molecule has 0 saturated heterocycles. The van der Waals surface area contributed by atoms with Crippen LogP contribution in [0.4, 0.5) is 54.8 Å². The van der Waals surface area contributed by atoms with Gasteiger partial charge in [0.1, 0.15) is 23.0 Å². The minimum absolute atomic E-state index is 0.0361. The van der Waals surface area contributed by atoms with Crippen molar-refractivity contribution in [2.75, 3.05) is 93.0 Å². The number of rotatable bonds is 25. The van der Waals surface area contributed by atoms with Crippen LogP contribution in [0.1, 0.15) is 176 Å². The molecule has 0 saturated carbocycles. The number of carbonyl (C=O) groups excluding carboxylic acids is 6. The lowest BCUT2D eigenvalue weighted by Gasteiger charge is -2.19. The fourth-order valence-corrected chi connectivity index (χ4v) is 13.8. The number of methoxy groups -OCH3 is 1. The van der Waals surface area contributed by atoms with Crippen molar-refractivity contribution < 1.29 is 74.1 Å². The van der Waals surface area contributed by atoms with E-state index in [1.165, 1.54) is 56.2 Å². The minimum Gasteiger partial charge on any atom is -0.496 e. The first kappa shape index (κ1) is 96.3. The molecule has 12 rings (SSSR count). The van der Waals surface area contributed by atoms with E-state index in [1.807, 2.05) is 128 Å². The molecule has 26 heteroatoms. The van der Waals surface area contributed by atoms with E-state index in [0.29, 0.717) is 97.3 Å². The monoisotopic (exact) mass is 1730 g/mol. The highest BCUT2D eigenvalue weighted by molar-refractivity contribution is 6.35.